The van der Waals surface area contributed by atoms with Gasteiger partial charge in [-0.3, -0.25) is 0 Å². The smallest absolute Gasteiger partial charge is 0.315 e. The van der Waals surface area contributed by atoms with Crippen LogP contribution >= 0.6 is 0 Å². The second-order valence-electron chi connectivity index (χ2n) is 5.67. The molecule has 1 aromatic carbocycles. The second-order valence-corrected chi connectivity index (χ2v) is 5.67. The van der Waals surface area contributed by atoms with Gasteiger partial charge in [-0.2, -0.15) is 0 Å². The number of benzene rings is 1. The summed E-state index contributed by atoms with van der Waals surface area (Å²) < 4.78 is 18.9. The Balaban J connectivity index is 1.72. The molecule has 1 fully saturated rings. The lowest BCUT2D eigenvalue weighted by Gasteiger charge is -2.28. The Labute approximate surface area is 129 Å². The molecule has 0 saturated heterocycles. The third kappa shape index (κ3) is 4.87. The summed E-state index contributed by atoms with van der Waals surface area (Å²) in [6.45, 7) is 2.01. The van der Waals surface area contributed by atoms with Gasteiger partial charge in [0.1, 0.15) is 6.10 Å². The van der Waals surface area contributed by atoms with E-state index in [1.54, 1.807) is 25.1 Å². The number of aliphatic hydroxyl groups is 1. The number of urea groups is 1. The summed E-state index contributed by atoms with van der Waals surface area (Å²) in [5.41, 5.74) is 0. The van der Waals surface area contributed by atoms with Gasteiger partial charge in [0.2, 0.25) is 0 Å². The third-order valence-electron chi connectivity index (χ3n) is 3.76. The molecule has 1 aromatic rings. The minimum absolute atomic E-state index is 0.167. The molecule has 1 aliphatic rings. The van der Waals surface area contributed by atoms with E-state index in [4.69, 9.17) is 4.74 Å². The monoisotopic (exact) mass is 310 g/mol. The highest BCUT2D eigenvalue weighted by atomic mass is 19.1. The van der Waals surface area contributed by atoms with Crippen molar-refractivity contribution in [3.8, 4) is 5.75 Å². The molecule has 2 amide bonds. The zero-order valence-corrected chi connectivity index (χ0v) is 12.7. The molecule has 5 nitrogen and oxygen atoms in total. The number of amides is 2. The van der Waals surface area contributed by atoms with Gasteiger partial charge in [0.05, 0.1) is 18.7 Å². The van der Waals surface area contributed by atoms with Crippen molar-refractivity contribution in [2.24, 2.45) is 0 Å². The molecule has 1 aliphatic carbocycles. The van der Waals surface area contributed by atoms with E-state index in [1.807, 2.05) is 0 Å². The molecule has 3 atom stereocenters. The van der Waals surface area contributed by atoms with E-state index >= 15 is 0 Å². The SMILES string of the molecule is CC(CNC(=O)NC1CCCCC1O)Oc1ccccc1F. The topological polar surface area (TPSA) is 70.6 Å². The Morgan fingerprint density at radius 1 is 1.41 bits per heavy atom. The number of carbonyl (C=O) groups excluding carboxylic acids is 1. The minimum Gasteiger partial charge on any atom is -0.486 e. The molecule has 22 heavy (non-hydrogen) atoms. The van der Waals surface area contributed by atoms with Crippen LogP contribution < -0.4 is 15.4 Å². The summed E-state index contributed by atoms with van der Waals surface area (Å²) in [5, 5.41) is 15.3. The van der Waals surface area contributed by atoms with Gasteiger partial charge in [-0.25, -0.2) is 9.18 Å². The van der Waals surface area contributed by atoms with Crippen LogP contribution in [0.2, 0.25) is 0 Å². The molecule has 1 saturated carbocycles. The summed E-state index contributed by atoms with van der Waals surface area (Å²) in [5.74, 6) is -0.260. The molecule has 0 heterocycles. The lowest BCUT2D eigenvalue weighted by Crippen LogP contribution is -2.50. The minimum atomic E-state index is -0.480. The normalized spacial score (nSPS) is 22.7. The standard InChI is InChI=1S/C16H23FN2O3/c1-11(22-15-9-5-2-6-12(15)17)10-18-16(21)19-13-7-3-4-8-14(13)20/h2,5-6,9,11,13-14,20H,3-4,7-8,10H2,1H3,(H2,18,19,21). The van der Waals surface area contributed by atoms with Crippen molar-refractivity contribution in [1.82, 2.24) is 10.6 Å². The molecular weight excluding hydrogens is 287 g/mol. The van der Waals surface area contributed by atoms with Gasteiger partial charge in [0.25, 0.3) is 0 Å². The zero-order valence-electron chi connectivity index (χ0n) is 12.7. The number of hydrogen-bond donors (Lipinski definition) is 3. The highest BCUT2D eigenvalue weighted by molar-refractivity contribution is 5.74. The Morgan fingerprint density at radius 2 is 2.14 bits per heavy atom. The van der Waals surface area contributed by atoms with Crippen LogP contribution in [0.5, 0.6) is 5.75 Å². The maximum atomic E-state index is 13.4. The highest BCUT2D eigenvalue weighted by Crippen LogP contribution is 2.18. The van der Waals surface area contributed by atoms with E-state index in [2.05, 4.69) is 10.6 Å². The quantitative estimate of drug-likeness (QED) is 0.781. The van der Waals surface area contributed by atoms with Crippen LogP contribution in [0.15, 0.2) is 24.3 Å². The van der Waals surface area contributed by atoms with Gasteiger partial charge in [-0.05, 0) is 31.9 Å². The van der Waals surface area contributed by atoms with Gasteiger partial charge in [-0.1, -0.05) is 25.0 Å². The van der Waals surface area contributed by atoms with Crippen LogP contribution in [0.25, 0.3) is 0 Å². The average Bonchev–Trinajstić information content (AvgIpc) is 2.50. The number of aliphatic hydroxyl groups excluding tert-OH is 1. The molecule has 0 aliphatic heterocycles. The number of halogens is 1. The number of hydrogen-bond acceptors (Lipinski definition) is 3. The number of carbonyl (C=O) groups is 1. The van der Waals surface area contributed by atoms with Crippen LogP contribution in [-0.2, 0) is 0 Å². The van der Waals surface area contributed by atoms with Crippen molar-refractivity contribution in [3.63, 3.8) is 0 Å². The van der Waals surface area contributed by atoms with Crippen molar-refractivity contribution >= 4 is 6.03 Å². The van der Waals surface area contributed by atoms with Crippen LogP contribution in [0, 0.1) is 5.82 Å². The summed E-state index contributed by atoms with van der Waals surface area (Å²) in [7, 11) is 0. The Morgan fingerprint density at radius 3 is 2.86 bits per heavy atom. The maximum Gasteiger partial charge on any atom is 0.315 e. The predicted octanol–water partition coefficient (Wildman–Crippen LogP) is 2.20. The number of ether oxygens (including phenoxy) is 1. The van der Waals surface area contributed by atoms with E-state index in [1.165, 1.54) is 6.07 Å². The Kier molecular flexibility index (Phi) is 6.00. The van der Waals surface area contributed by atoms with Crippen LogP contribution in [0.1, 0.15) is 32.6 Å². The first-order valence-corrected chi connectivity index (χ1v) is 7.70. The van der Waals surface area contributed by atoms with Crippen molar-refractivity contribution < 1.29 is 19.0 Å². The molecule has 0 radical (unpaired) electrons. The fourth-order valence-electron chi connectivity index (χ4n) is 2.53. The summed E-state index contributed by atoms with van der Waals surface area (Å²) >= 11 is 0. The first-order chi connectivity index (χ1) is 10.6. The maximum absolute atomic E-state index is 13.4. The number of rotatable bonds is 5. The fourth-order valence-corrected chi connectivity index (χ4v) is 2.53. The highest BCUT2D eigenvalue weighted by Gasteiger charge is 2.24. The van der Waals surface area contributed by atoms with Crippen molar-refractivity contribution in [2.45, 2.75) is 50.9 Å². The molecular formula is C16H23FN2O3. The Hall–Kier alpha value is -1.82. The zero-order chi connectivity index (χ0) is 15.9. The molecule has 3 unspecified atom stereocenters. The number of para-hydroxylation sites is 1. The van der Waals surface area contributed by atoms with E-state index in [9.17, 15) is 14.3 Å². The molecule has 3 N–H and O–H groups in total. The van der Waals surface area contributed by atoms with Gasteiger partial charge in [0.15, 0.2) is 11.6 Å². The van der Waals surface area contributed by atoms with E-state index in [0.29, 0.717) is 0 Å². The van der Waals surface area contributed by atoms with Gasteiger partial charge in [-0.15, -0.1) is 0 Å². The molecule has 0 spiro atoms. The van der Waals surface area contributed by atoms with E-state index < -0.39 is 11.9 Å². The van der Waals surface area contributed by atoms with Crippen molar-refractivity contribution in [2.75, 3.05) is 6.54 Å². The largest absolute Gasteiger partial charge is 0.486 e. The lowest BCUT2D eigenvalue weighted by atomic mass is 9.93. The van der Waals surface area contributed by atoms with Crippen LogP contribution in [0.3, 0.4) is 0 Å². The van der Waals surface area contributed by atoms with Gasteiger partial charge in [0, 0.05) is 0 Å². The molecule has 122 valence electrons. The Bertz CT molecular complexity index is 498. The second kappa shape index (κ2) is 7.98. The fraction of sp³-hybridized carbons (Fsp3) is 0.562. The summed E-state index contributed by atoms with van der Waals surface area (Å²) in [6, 6.07) is 5.62. The first-order valence-electron chi connectivity index (χ1n) is 7.70. The molecule has 6 heteroatoms. The molecule has 0 bridgehead atoms. The van der Waals surface area contributed by atoms with E-state index in [-0.39, 0.29) is 30.5 Å². The first kappa shape index (κ1) is 16.5. The third-order valence-corrected chi connectivity index (χ3v) is 3.76. The van der Waals surface area contributed by atoms with Gasteiger partial charge < -0.3 is 20.5 Å². The van der Waals surface area contributed by atoms with Crippen LogP contribution in [0.4, 0.5) is 9.18 Å². The van der Waals surface area contributed by atoms with Crippen molar-refractivity contribution in [1.29, 1.82) is 0 Å². The van der Waals surface area contributed by atoms with Crippen LogP contribution in [-0.4, -0.2) is 35.9 Å². The van der Waals surface area contributed by atoms with Crippen molar-refractivity contribution in [3.05, 3.63) is 30.1 Å². The van der Waals surface area contributed by atoms with E-state index in [0.717, 1.165) is 25.7 Å². The summed E-state index contributed by atoms with van der Waals surface area (Å²) in [4.78, 5) is 11.8. The van der Waals surface area contributed by atoms with Gasteiger partial charge >= 0.3 is 6.03 Å². The molecule has 0 aromatic heterocycles. The lowest BCUT2D eigenvalue weighted by molar-refractivity contribution is 0.0939. The summed E-state index contributed by atoms with van der Waals surface area (Å²) in [6.07, 6.45) is 2.67. The predicted molar refractivity (Wildman–Crippen MR) is 81.3 cm³/mol. The number of nitrogens with one attached hydrogen (secondary N) is 2. The molecule has 2 rings (SSSR count). The average molecular weight is 310 g/mol.